The third kappa shape index (κ3) is 2.94. The van der Waals surface area contributed by atoms with Crippen molar-refractivity contribution in [3.8, 4) is 5.75 Å². The van der Waals surface area contributed by atoms with Crippen LogP contribution in [0.1, 0.15) is 5.56 Å². The maximum atomic E-state index is 10.2. The molecule has 13 heavy (non-hydrogen) atoms. The Morgan fingerprint density at radius 1 is 1.62 bits per heavy atom. The first-order valence-corrected chi connectivity index (χ1v) is 3.62. The van der Waals surface area contributed by atoms with Gasteiger partial charge in [-0.05, 0) is 17.7 Å². The number of carboxylic acid groups (broad SMARTS) is 1. The smallest absolute Gasteiger partial charge is 0.328 e. The molecule has 0 bridgehead atoms. The van der Waals surface area contributed by atoms with Crippen molar-refractivity contribution in [2.24, 2.45) is 0 Å². The van der Waals surface area contributed by atoms with Crippen molar-refractivity contribution in [3.63, 3.8) is 0 Å². The van der Waals surface area contributed by atoms with E-state index in [2.05, 4.69) is 4.98 Å². The average Bonchev–Trinajstić information content (AvgIpc) is 2.15. The lowest BCUT2D eigenvalue weighted by molar-refractivity contribution is -0.131. The number of rotatable bonds is 3. The van der Waals surface area contributed by atoms with Gasteiger partial charge in [0.25, 0.3) is 0 Å². The van der Waals surface area contributed by atoms with Gasteiger partial charge in [-0.25, -0.2) is 4.79 Å². The fourth-order valence-corrected chi connectivity index (χ4v) is 0.806. The summed E-state index contributed by atoms with van der Waals surface area (Å²) in [6.07, 6.45) is 5.62. The molecule has 1 N–H and O–H groups in total. The quantitative estimate of drug-likeness (QED) is 0.708. The van der Waals surface area contributed by atoms with Gasteiger partial charge in [0, 0.05) is 12.3 Å². The first kappa shape index (κ1) is 9.25. The predicted octanol–water partition coefficient (Wildman–Crippen LogP) is 1.19. The lowest BCUT2D eigenvalue weighted by Gasteiger charge is -1.98. The minimum Gasteiger partial charge on any atom is -0.495 e. The second kappa shape index (κ2) is 4.25. The molecule has 4 nitrogen and oxygen atoms in total. The van der Waals surface area contributed by atoms with Crippen molar-refractivity contribution in [3.05, 3.63) is 30.1 Å². The van der Waals surface area contributed by atoms with Gasteiger partial charge in [-0.3, -0.25) is 4.98 Å². The molecule has 0 saturated heterocycles. The molecule has 0 aliphatic carbocycles. The topological polar surface area (TPSA) is 59.4 Å². The van der Waals surface area contributed by atoms with E-state index in [0.29, 0.717) is 11.3 Å². The van der Waals surface area contributed by atoms with Gasteiger partial charge in [0.05, 0.1) is 13.3 Å². The zero-order valence-corrected chi connectivity index (χ0v) is 7.10. The largest absolute Gasteiger partial charge is 0.495 e. The summed E-state index contributed by atoms with van der Waals surface area (Å²) < 4.78 is 4.92. The zero-order chi connectivity index (χ0) is 9.68. The van der Waals surface area contributed by atoms with Crippen LogP contribution in [0.3, 0.4) is 0 Å². The number of hydrogen-bond donors (Lipinski definition) is 1. The normalized spacial score (nSPS) is 10.2. The molecule has 68 valence electrons. The second-order valence-electron chi connectivity index (χ2n) is 2.33. The molecule has 0 aliphatic heterocycles. The van der Waals surface area contributed by atoms with Crippen LogP contribution >= 0.6 is 0 Å². The average molecular weight is 179 g/mol. The van der Waals surface area contributed by atoms with E-state index in [9.17, 15) is 4.79 Å². The number of carboxylic acids is 1. The summed E-state index contributed by atoms with van der Waals surface area (Å²) in [6.45, 7) is 0. The third-order valence-corrected chi connectivity index (χ3v) is 1.39. The van der Waals surface area contributed by atoms with E-state index >= 15 is 0 Å². The highest BCUT2D eigenvalue weighted by Crippen LogP contribution is 2.11. The Balaban J connectivity index is 2.83. The maximum absolute atomic E-state index is 10.2. The molecule has 0 unspecified atom stereocenters. The highest BCUT2D eigenvalue weighted by molar-refractivity contribution is 5.85. The number of ether oxygens (including phenoxy) is 1. The van der Waals surface area contributed by atoms with E-state index in [-0.39, 0.29) is 0 Å². The van der Waals surface area contributed by atoms with Gasteiger partial charge in [0.15, 0.2) is 0 Å². The van der Waals surface area contributed by atoms with Crippen molar-refractivity contribution in [1.82, 2.24) is 4.98 Å². The van der Waals surface area contributed by atoms with Crippen LogP contribution in [-0.4, -0.2) is 23.2 Å². The van der Waals surface area contributed by atoms with Crippen molar-refractivity contribution in [2.75, 3.05) is 7.11 Å². The Morgan fingerprint density at radius 3 is 3.00 bits per heavy atom. The maximum Gasteiger partial charge on any atom is 0.328 e. The van der Waals surface area contributed by atoms with Crippen LogP contribution in [0.5, 0.6) is 5.75 Å². The first-order valence-electron chi connectivity index (χ1n) is 3.62. The molecule has 1 heterocycles. The number of aliphatic carboxylic acids is 1. The van der Waals surface area contributed by atoms with Gasteiger partial charge in [0.1, 0.15) is 5.75 Å². The van der Waals surface area contributed by atoms with Crippen molar-refractivity contribution in [1.29, 1.82) is 0 Å². The fourth-order valence-electron chi connectivity index (χ4n) is 0.806. The summed E-state index contributed by atoms with van der Waals surface area (Å²) in [6, 6.07) is 1.70. The minimum atomic E-state index is -0.984. The molecule has 0 aliphatic rings. The summed E-state index contributed by atoms with van der Waals surface area (Å²) in [5.74, 6) is -0.379. The monoisotopic (exact) mass is 179 g/mol. The van der Waals surface area contributed by atoms with Crippen LogP contribution in [0.15, 0.2) is 24.5 Å². The van der Waals surface area contributed by atoms with Gasteiger partial charge >= 0.3 is 5.97 Å². The van der Waals surface area contributed by atoms with E-state index in [1.807, 2.05) is 0 Å². The number of hydrogen-bond acceptors (Lipinski definition) is 3. The number of pyridine rings is 1. The predicted molar refractivity (Wildman–Crippen MR) is 47.5 cm³/mol. The number of methoxy groups -OCH3 is 1. The van der Waals surface area contributed by atoms with E-state index in [4.69, 9.17) is 9.84 Å². The van der Waals surface area contributed by atoms with Crippen LogP contribution in [0.4, 0.5) is 0 Å². The molecular weight excluding hydrogens is 170 g/mol. The molecule has 0 radical (unpaired) electrons. The lowest BCUT2D eigenvalue weighted by Crippen LogP contribution is -1.87. The molecule has 0 saturated carbocycles. The van der Waals surface area contributed by atoms with Gasteiger partial charge in [0.2, 0.25) is 0 Å². The molecule has 4 heteroatoms. The van der Waals surface area contributed by atoms with Crippen molar-refractivity contribution < 1.29 is 14.6 Å². The SMILES string of the molecule is COc1cncc(C=CC(=O)O)c1. The van der Waals surface area contributed by atoms with Crippen molar-refractivity contribution >= 4 is 12.0 Å². The lowest BCUT2D eigenvalue weighted by atomic mass is 10.2. The van der Waals surface area contributed by atoms with Crippen LogP contribution in [0.2, 0.25) is 0 Å². The fraction of sp³-hybridized carbons (Fsp3) is 0.111. The van der Waals surface area contributed by atoms with Crippen LogP contribution in [-0.2, 0) is 4.79 Å². The second-order valence-corrected chi connectivity index (χ2v) is 2.33. The summed E-state index contributed by atoms with van der Waals surface area (Å²) in [4.78, 5) is 14.1. The Labute approximate surface area is 75.5 Å². The summed E-state index contributed by atoms with van der Waals surface area (Å²) in [5.41, 5.74) is 0.696. The molecule has 1 rings (SSSR count). The highest BCUT2D eigenvalue weighted by atomic mass is 16.5. The van der Waals surface area contributed by atoms with Crippen LogP contribution in [0.25, 0.3) is 6.08 Å². The number of carbonyl (C=O) groups is 1. The van der Waals surface area contributed by atoms with Crippen LogP contribution < -0.4 is 4.74 Å². The van der Waals surface area contributed by atoms with E-state index in [1.54, 1.807) is 18.5 Å². The molecule has 0 fully saturated rings. The Morgan fingerprint density at radius 2 is 2.38 bits per heavy atom. The molecule has 0 aromatic carbocycles. The summed E-state index contributed by atoms with van der Waals surface area (Å²) in [5, 5.41) is 8.36. The van der Waals surface area contributed by atoms with Crippen LogP contribution in [0, 0.1) is 0 Å². The molecule has 0 spiro atoms. The molecule has 0 atom stereocenters. The Hall–Kier alpha value is -1.84. The third-order valence-electron chi connectivity index (χ3n) is 1.39. The number of aromatic nitrogens is 1. The zero-order valence-electron chi connectivity index (χ0n) is 7.10. The molecule has 1 aromatic heterocycles. The minimum absolute atomic E-state index is 0.604. The standard InChI is InChI=1S/C9H9NO3/c1-13-8-4-7(5-10-6-8)2-3-9(11)12/h2-6H,1H3,(H,11,12). The first-order chi connectivity index (χ1) is 6.22. The summed E-state index contributed by atoms with van der Waals surface area (Å²) >= 11 is 0. The Kier molecular flexibility index (Phi) is 3.03. The summed E-state index contributed by atoms with van der Waals surface area (Å²) in [7, 11) is 1.53. The number of nitrogens with zero attached hydrogens (tertiary/aromatic N) is 1. The van der Waals surface area contributed by atoms with Gasteiger partial charge in [-0.15, -0.1) is 0 Å². The Bertz CT molecular complexity index is 333. The van der Waals surface area contributed by atoms with E-state index in [0.717, 1.165) is 6.08 Å². The van der Waals surface area contributed by atoms with Gasteiger partial charge in [-0.1, -0.05) is 0 Å². The van der Waals surface area contributed by atoms with Crippen molar-refractivity contribution in [2.45, 2.75) is 0 Å². The molecule has 0 amide bonds. The van der Waals surface area contributed by atoms with Gasteiger partial charge in [-0.2, -0.15) is 0 Å². The van der Waals surface area contributed by atoms with E-state index in [1.165, 1.54) is 13.2 Å². The van der Waals surface area contributed by atoms with Gasteiger partial charge < -0.3 is 9.84 Å². The van der Waals surface area contributed by atoms with E-state index < -0.39 is 5.97 Å². The molecule has 1 aromatic rings. The molecular formula is C9H9NO3. The highest BCUT2D eigenvalue weighted by Gasteiger charge is 1.93.